The molecule has 1 atom stereocenters. The Morgan fingerprint density at radius 3 is 2.75 bits per heavy atom. The van der Waals surface area contributed by atoms with Crippen molar-refractivity contribution in [2.24, 2.45) is 0 Å². The molecule has 2 nitrogen and oxygen atoms in total. The summed E-state index contributed by atoms with van der Waals surface area (Å²) in [7, 11) is 0. The Kier molecular flexibility index (Phi) is 5.94. The van der Waals surface area contributed by atoms with E-state index in [1.807, 2.05) is 18.2 Å². The van der Waals surface area contributed by atoms with Crippen molar-refractivity contribution in [1.82, 2.24) is 5.32 Å². The van der Waals surface area contributed by atoms with Crippen molar-refractivity contribution < 1.29 is 4.74 Å². The third-order valence-electron chi connectivity index (χ3n) is 2.64. The standard InChI is InChI=1S/C14H23NO/c1-4-15-11-7-9-13(3)16-14-10-6-5-8-12(14)2/h5-6,8,10,13,15H,4,7,9,11H2,1-3H3. The molecule has 16 heavy (non-hydrogen) atoms. The molecule has 0 aromatic heterocycles. The Balaban J connectivity index is 2.28. The Labute approximate surface area is 99.0 Å². The Bertz CT molecular complexity index is 299. The van der Waals surface area contributed by atoms with Gasteiger partial charge in [-0.25, -0.2) is 0 Å². The molecule has 1 N–H and O–H groups in total. The highest BCUT2D eigenvalue weighted by molar-refractivity contribution is 5.31. The number of hydrogen-bond acceptors (Lipinski definition) is 2. The molecule has 0 saturated heterocycles. The van der Waals surface area contributed by atoms with Gasteiger partial charge in [0.1, 0.15) is 5.75 Å². The first-order chi connectivity index (χ1) is 7.74. The molecular weight excluding hydrogens is 198 g/mol. The maximum atomic E-state index is 5.90. The van der Waals surface area contributed by atoms with E-state index in [1.165, 1.54) is 12.0 Å². The fourth-order valence-corrected chi connectivity index (χ4v) is 1.66. The number of rotatable bonds is 7. The van der Waals surface area contributed by atoms with E-state index in [0.29, 0.717) is 6.10 Å². The summed E-state index contributed by atoms with van der Waals surface area (Å²) in [6.45, 7) is 8.48. The topological polar surface area (TPSA) is 21.3 Å². The van der Waals surface area contributed by atoms with Gasteiger partial charge in [-0.3, -0.25) is 0 Å². The number of benzene rings is 1. The fraction of sp³-hybridized carbons (Fsp3) is 0.571. The van der Waals surface area contributed by atoms with Gasteiger partial charge in [-0.1, -0.05) is 25.1 Å². The highest BCUT2D eigenvalue weighted by atomic mass is 16.5. The smallest absolute Gasteiger partial charge is 0.122 e. The molecule has 1 unspecified atom stereocenters. The van der Waals surface area contributed by atoms with Crippen molar-refractivity contribution in [3.05, 3.63) is 29.8 Å². The summed E-state index contributed by atoms with van der Waals surface area (Å²) in [4.78, 5) is 0. The molecule has 0 aliphatic carbocycles. The van der Waals surface area contributed by atoms with Crippen LogP contribution in [0.25, 0.3) is 0 Å². The molecule has 90 valence electrons. The second-order valence-corrected chi connectivity index (χ2v) is 4.19. The van der Waals surface area contributed by atoms with Gasteiger partial charge in [0.15, 0.2) is 0 Å². The summed E-state index contributed by atoms with van der Waals surface area (Å²) in [5, 5.41) is 3.32. The van der Waals surface area contributed by atoms with Crippen LogP contribution in [0.2, 0.25) is 0 Å². The number of nitrogens with one attached hydrogen (secondary N) is 1. The van der Waals surface area contributed by atoms with E-state index in [-0.39, 0.29) is 0 Å². The molecule has 0 spiro atoms. The van der Waals surface area contributed by atoms with Crippen LogP contribution in [0.5, 0.6) is 5.75 Å². The van der Waals surface area contributed by atoms with Crippen LogP contribution in [-0.4, -0.2) is 19.2 Å². The zero-order valence-electron chi connectivity index (χ0n) is 10.6. The van der Waals surface area contributed by atoms with Gasteiger partial charge in [-0.2, -0.15) is 0 Å². The highest BCUT2D eigenvalue weighted by Gasteiger charge is 2.05. The first kappa shape index (κ1) is 13.0. The maximum absolute atomic E-state index is 5.90. The molecule has 0 fully saturated rings. The fourth-order valence-electron chi connectivity index (χ4n) is 1.66. The zero-order valence-corrected chi connectivity index (χ0v) is 10.6. The number of ether oxygens (including phenoxy) is 1. The SMILES string of the molecule is CCNCCCC(C)Oc1ccccc1C. The second kappa shape index (κ2) is 7.29. The average Bonchev–Trinajstić information content (AvgIpc) is 2.28. The van der Waals surface area contributed by atoms with Gasteiger partial charge in [0, 0.05) is 0 Å². The summed E-state index contributed by atoms with van der Waals surface area (Å²) < 4.78 is 5.90. The predicted octanol–water partition coefficient (Wildman–Crippen LogP) is 3.15. The monoisotopic (exact) mass is 221 g/mol. The molecule has 0 aliphatic heterocycles. The van der Waals surface area contributed by atoms with Crippen LogP contribution in [0.4, 0.5) is 0 Å². The van der Waals surface area contributed by atoms with E-state index in [4.69, 9.17) is 4.74 Å². The first-order valence-corrected chi connectivity index (χ1v) is 6.17. The number of hydrogen-bond donors (Lipinski definition) is 1. The lowest BCUT2D eigenvalue weighted by molar-refractivity contribution is 0.206. The quantitative estimate of drug-likeness (QED) is 0.714. The van der Waals surface area contributed by atoms with Crippen LogP contribution >= 0.6 is 0 Å². The molecule has 0 heterocycles. The molecule has 0 aliphatic rings. The van der Waals surface area contributed by atoms with E-state index < -0.39 is 0 Å². The summed E-state index contributed by atoms with van der Waals surface area (Å²) >= 11 is 0. The summed E-state index contributed by atoms with van der Waals surface area (Å²) in [5.74, 6) is 1.01. The lowest BCUT2D eigenvalue weighted by Crippen LogP contribution is -2.18. The van der Waals surface area contributed by atoms with Gasteiger partial charge < -0.3 is 10.1 Å². The van der Waals surface area contributed by atoms with Crippen molar-refractivity contribution in [1.29, 1.82) is 0 Å². The van der Waals surface area contributed by atoms with Crippen molar-refractivity contribution in [3.63, 3.8) is 0 Å². The first-order valence-electron chi connectivity index (χ1n) is 6.17. The highest BCUT2D eigenvalue weighted by Crippen LogP contribution is 2.18. The van der Waals surface area contributed by atoms with E-state index in [9.17, 15) is 0 Å². The molecule has 0 amide bonds. The van der Waals surface area contributed by atoms with E-state index in [0.717, 1.165) is 25.3 Å². The third-order valence-corrected chi connectivity index (χ3v) is 2.64. The Hall–Kier alpha value is -1.02. The summed E-state index contributed by atoms with van der Waals surface area (Å²) in [6.07, 6.45) is 2.56. The van der Waals surface area contributed by atoms with E-state index in [1.54, 1.807) is 0 Å². The van der Waals surface area contributed by atoms with Gasteiger partial charge in [0.2, 0.25) is 0 Å². The largest absolute Gasteiger partial charge is 0.490 e. The molecule has 0 radical (unpaired) electrons. The van der Waals surface area contributed by atoms with E-state index in [2.05, 4.69) is 32.2 Å². The van der Waals surface area contributed by atoms with Gasteiger partial charge in [-0.15, -0.1) is 0 Å². The second-order valence-electron chi connectivity index (χ2n) is 4.19. The van der Waals surface area contributed by atoms with Crippen molar-refractivity contribution in [3.8, 4) is 5.75 Å². The minimum Gasteiger partial charge on any atom is -0.490 e. The van der Waals surface area contributed by atoms with Crippen LogP contribution in [0, 0.1) is 6.92 Å². The molecule has 0 bridgehead atoms. The summed E-state index contributed by atoms with van der Waals surface area (Å²) in [6, 6.07) is 8.18. The van der Waals surface area contributed by atoms with Gasteiger partial charge in [0.25, 0.3) is 0 Å². The van der Waals surface area contributed by atoms with Crippen molar-refractivity contribution in [2.45, 2.75) is 39.7 Å². The van der Waals surface area contributed by atoms with Crippen LogP contribution in [0.1, 0.15) is 32.3 Å². The maximum Gasteiger partial charge on any atom is 0.122 e. The molecule has 1 aromatic rings. The Morgan fingerprint density at radius 2 is 2.06 bits per heavy atom. The zero-order chi connectivity index (χ0) is 11.8. The van der Waals surface area contributed by atoms with Crippen molar-refractivity contribution in [2.75, 3.05) is 13.1 Å². The van der Waals surface area contributed by atoms with Gasteiger partial charge in [0.05, 0.1) is 6.10 Å². The third kappa shape index (κ3) is 4.67. The minimum absolute atomic E-state index is 0.291. The summed E-state index contributed by atoms with van der Waals surface area (Å²) in [5.41, 5.74) is 1.21. The van der Waals surface area contributed by atoms with Crippen LogP contribution in [0.15, 0.2) is 24.3 Å². The molecule has 2 heteroatoms. The molecule has 1 aromatic carbocycles. The number of aryl methyl sites for hydroxylation is 1. The minimum atomic E-state index is 0.291. The average molecular weight is 221 g/mol. The number of para-hydroxylation sites is 1. The predicted molar refractivity (Wildman–Crippen MR) is 69.0 cm³/mol. The molecular formula is C14H23NO. The van der Waals surface area contributed by atoms with Crippen LogP contribution < -0.4 is 10.1 Å². The van der Waals surface area contributed by atoms with Crippen LogP contribution in [0.3, 0.4) is 0 Å². The normalized spacial score (nSPS) is 12.4. The lowest BCUT2D eigenvalue weighted by atomic mass is 10.2. The van der Waals surface area contributed by atoms with E-state index >= 15 is 0 Å². The van der Waals surface area contributed by atoms with Crippen LogP contribution in [-0.2, 0) is 0 Å². The van der Waals surface area contributed by atoms with Crippen molar-refractivity contribution >= 4 is 0 Å². The lowest BCUT2D eigenvalue weighted by Gasteiger charge is -2.16. The Morgan fingerprint density at radius 1 is 1.31 bits per heavy atom. The molecule has 1 rings (SSSR count). The van der Waals surface area contributed by atoms with Gasteiger partial charge >= 0.3 is 0 Å². The van der Waals surface area contributed by atoms with Gasteiger partial charge in [-0.05, 0) is 51.4 Å². The molecule has 0 saturated carbocycles.